The monoisotopic (exact) mass is 610 g/mol. The zero-order valence-corrected chi connectivity index (χ0v) is 27.6. The molecule has 0 amide bonds. The maximum absolute atomic E-state index is 5.35. The van der Waals surface area contributed by atoms with Crippen LogP contribution in [0.3, 0.4) is 0 Å². The molecule has 4 aromatic rings. The molecule has 2 aromatic heterocycles. The molecule has 6 rings (SSSR count). The second kappa shape index (κ2) is 14.6. The van der Waals surface area contributed by atoms with Crippen LogP contribution >= 0.6 is 0 Å². The van der Waals surface area contributed by atoms with Crippen molar-refractivity contribution in [3.05, 3.63) is 94.7 Å². The van der Waals surface area contributed by atoms with Crippen molar-refractivity contribution in [2.45, 2.75) is 71.9 Å². The Hall–Kier alpha value is -3.62. The fourth-order valence-electron chi connectivity index (χ4n) is 7.12. The number of hydrogen-bond donors (Lipinski definition) is 0. The zero-order chi connectivity index (χ0) is 31.2. The van der Waals surface area contributed by atoms with E-state index in [2.05, 4.69) is 104 Å². The molecule has 2 aliphatic rings. The van der Waals surface area contributed by atoms with Crippen molar-refractivity contribution in [3.63, 3.8) is 0 Å². The Morgan fingerprint density at radius 3 is 1.47 bits per heavy atom. The van der Waals surface area contributed by atoms with E-state index in [1.165, 1.54) is 22.5 Å². The number of nitrogens with zero attached hydrogens (tertiary/aromatic N) is 6. The Balaban J connectivity index is 1.21. The van der Waals surface area contributed by atoms with Gasteiger partial charge >= 0.3 is 0 Å². The highest BCUT2D eigenvalue weighted by Crippen LogP contribution is 2.28. The van der Waals surface area contributed by atoms with E-state index in [1.807, 2.05) is 13.8 Å². The lowest BCUT2D eigenvalue weighted by Crippen LogP contribution is -2.67. The first-order valence-corrected chi connectivity index (χ1v) is 16.9. The summed E-state index contributed by atoms with van der Waals surface area (Å²) in [7, 11) is 0. The molecule has 2 saturated heterocycles. The Morgan fingerprint density at radius 1 is 0.578 bits per heavy atom. The number of aromatic nitrogens is 2. The van der Waals surface area contributed by atoms with E-state index >= 15 is 0 Å². The summed E-state index contributed by atoms with van der Waals surface area (Å²) in [5.74, 6) is 1.79. The smallest absolute Gasteiger partial charge is 0.133 e. The lowest BCUT2D eigenvalue weighted by atomic mass is 9.96. The number of aryl methyl sites for hydroxylation is 6. The van der Waals surface area contributed by atoms with Gasteiger partial charge in [0.15, 0.2) is 0 Å². The maximum Gasteiger partial charge on any atom is 0.133 e. The predicted octanol–water partition coefficient (Wildman–Crippen LogP) is 6.23. The van der Waals surface area contributed by atoms with Gasteiger partial charge in [-0.15, -0.1) is 0 Å². The topological polar surface area (TPSA) is 65.0 Å². The van der Waals surface area contributed by atoms with Gasteiger partial charge in [0.05, 0.1) is 11.4 Å². The van der Waals surface area contributed by atoms with Crippen molar-refractivity contribution in [3.8, 4) is 0 Å². The van der Waals surface area contributed by atoms with Crippen molar-refractivity contribution in [2.24, 2.45) is 0 Å². The van der Waals surface area contributed by atoms with Crippen LogP contribution in [0.4, 0.5) is 11.4 Å². The lowest BCUT2D eigenvalue weighted by molar-refractivity contribution is 0.0588. The third-order valence-electron chi connectivity index (χ3n) is 9.67. The summed E-state index contributed by atoms with van der Waals surface area (Å²) in [6, 6.07) is 23.2. The summed E-state index contributed by atoms with van der Waals surface area (Å²) in [4.78, 5) is 10.8. The van der Waals surface area contributed by atoms with E-state index in [9.17, 15) is 0 Å². The number of rotatable bonds is 12. The van der Waals surface area contributed by atoms with E-state index in [-0.39, 0.29) is 0 Å². The van der Waals surface area contributed by atoms with Gasteiger partial charge in [0, 0.05) is 74.9 Å². The number of piperazine rings is 2. The Bertz CT molecular complexity index is 1480. The van der Waals surface area contributed by atoms with Crippen LogP contribution in [0.25, 0.3) is 0 Å². The zero-order valence-electron chi connectivity index (χ0n) is 27.6. The summed E-state index contributed by atoms with van der Waals surface area (Å²) < 4.78 is 10.7. The Kier molecular flexibility index (Phi) is 10.2. The van der Waals surface area contributed by atoms with E-state index in [1.54, 1.807) is 0 Å². The van der Waals surface area contributed by atoms with Crippen LogP contribution in [0.2, 0.25) is 0 Å². The van der Waals surface area contributed by atoms with Crippen LogP contribution in [0.1, 0.15) is 53.3 Å². The second-order valence-electron chi connectivity index (χ2n) is 13.2. The molecule has 0 spiro atoms. The van der Waals surface area contributed by atoms with Gasteiger partial charge in [0.1, 0.15) is 11.5 Å². The Labute approximate surface area is 268 Å². The molecule has 0 N–H and O–H groups in total. The van der Waals surface area contributed by atoms with Crippen molar-refractivity contribution >= 4 is 11.4 Å². The molecule has 2 unspecified atom stereocenters. The molecule has 0 aliphatic carbocycles. The van der Waals surface area contributed by atoms with Gasteiger partial charge in [-0.2, -0.15) is 0 Å². The number of benzene rings is 2. The number of unbranched alkanes of at least 4 members (excludes halogenated alkanes) is 1. The van der Waals surface area contributed by atoms with Crippen LogP contribution < -0.4 is 9.80 Å². The predicted molar refractivity (Wildman–Crippen MR) is 181 cm³/mol. The molecule has 45 heavy (non-hydrogen) atoms. The molecule has 4 heterocycles. The third-order valence-corrected chi connectivity index (χ3v) is 9.67. The van der Waals surface area contributed by atoms with Gasteiger partial charge in [0.25, 0.3) is 0 Å². The summed E-state index contributed by atoms with van der Waals surface area (Å²) in [6.07, 6.45) is 5.29. The molecule has 240 valence electrons. The largest absolute Gasteiger partial charge is 0.369 e. The standard InChI is InChI=1S/C37H50N6O2/c1-28-10-14-34(15-11-28)42-22-20-40(18-6-5-8-32-24-30(3)44-38-32)36(26-42)37-27-43(35-16-12-29(2)13-17-35)23-21-41(37)19-7-9-33-25-31(4)45-39-33/h10-17,24-25,36-37H,5-9,18-23,26-27H2,1-4H3. The molecule has 2 atom stereocenters. The molecule has 2 aromatic carbocycles. The van der Waals surface area contributed by atoms with Crippen LogP contribution in [0.5, 0.6) is 0 Å². The summed E-state index contributed by atoms with van der Waals surface area (Å²) in [5, 5.41) is 8.49. The van der Waals surface area contributed by atoms with Gasteiger partial charge in [0.2, 0.25) is 0 Å². The van der Waals surface area contributed by atoms with Crippen molar-refractivity contribution in [1.82, 2.24) is 20.1 Å². The minimum atomic E-state index is 0.422. The maximum atomic E-state index is 5.35. The van der Waals surface area contributed by atoms with E-state index in [0.29, 0.717) is 12.1 Å². The van der Waals surface area contributed by atoms with Crippen molar-refractivity contribution in [1.29, 1.82) is 0 Å². The van der Waals surface area contributed by atoms with Gasteiger partial charge < -0.3 is 18.8 Å². The minimum Gasteiger partial charge on any atom is -0.369 e. The van der Waals surface area contributed by atoms with Gasteiger partial charge in [-0.3, -0.25) is 9.80 Å². The van der Waals surface area contributed by atoms with Crippen LogP contribution in [0.15, 0.2) is 69.7 Å². The minimum absolute atomic E-state index is 0.422. The van der Waals surface area contributed by atoms with E-state index in [4.69, 9.17) is 9.05 Å². The molecular formula is C37H50N6O2. The highest BCUT2D eigenvalue weighted by molar-refractivity contribution is 5.50. The van der Waals surface area contributed by atoms with Crippen molar-refractivity contribution < 1.29 is 9.05 Å². The number of anilines is 2. The molecule has 0 bridgehead atoms. The van der Waals surface area contributed by atoms with Crippen LogP contribution in [0, 0.1) is 27.7 Å². The molecule has 8 heteroatoms. The van der Waals surface area contributed by atoms with Crippen molar-refractivity contribution in [2.75, 3.05) is 62.2 Å². The van der Waals surface area contributed by atoms with Crippen LogP contribution in [-0.2, 0) is 12.8 Å². The SMILES string of the molecule is Cc1ccc(N2CCN(CCCCc3cc(C)on3)C(C3CN(c4ccc(C)cc4)CCN3CCCc3cc(C)on3)C2)cc1. The summed E-state index contributed by atoms with van der Waals surface area (Å²) in [6.45, 7) is 16.8. The average Bonchev–Trinajstić information content (AvgIpc) is 3.67. The summed E-state index contributed by atoms with van der Waals surface area (Å²) in [5.41, 5.74) is 7.43. The fourth-order valence-corrected chi connectivity index (χ4v) is 7.12. The molecule has 0 saturated carbocycles. The Morgan fingerprint density at radius 2 is 1.02 bits per heavy atom. The van der Waals surface area contributed by atoms with E-state index < -0.39 is 0 Å². The highest BCUT2D eigenvalue weighted by Gasteiger charge is 2.39. The quantitative estimate of drug-likeness (QED) is 0.175. The van der Waals surface area contributed by atoms with Crippen LogP contribution in [-0.4, -0.2) is 84.6 Å². The molecule has 8 nitrogen and oxygen atoms in total. The molecule has 0 radical (unpaired) electrons. The number of hydrogen-bond acceptors (Lipinski definition) is 8. The van der Waals surface area contributed by atoms with Gasteiger partial charge in [-0.1, -0.05) is 45.7 Å². The molecule has 2 aliphatic heterocycles. The first kappa shape index (κ1) is 31.4. The first-order valence-electron chi connectivity index (χ1n) is 16.9. The second-order valence-corrected chi connectivity index (χ2v) is 13.2. The van der Waals surface area contributed by atoms with E-state index in [0.717, 1.165) is 107 Å². The molecular weight excluding hydrogens is 560 g/mol. The normalized spacial score (nSPS) is 19.8. The third kappa shape index (κ3) is 8.16. The lowest BCUT2D eigenvalue weighted by Gasteiger charge is -2.52. The summed E-state index contributed by atoms with van der Waals surface area (Å²) >= 11 is 0. The molecule has 2 fully saturated rings. The average molecular weight is 611 g/mol. The van der Waals surface area contributed by atoms with Gasteiger partial charge in [-0.25, -0.2) is 0 Å². The highest BCUT2D eigenvalue weighted by atomic mass is 16.5. The van der Waals surface area contributed by atoms with Gasteiger partial charge in [-0.05, 0) is 97.2 Å². The first-order chi connectivity index (χ1) is 21.9. The fraction of sp³-hybridized carbons (Fsp3) is 0.514.